The van der Waals surface area contributed by atoms with Gasteiger partial charge in [-0.1, -0.05) is 0 Å². The van der Waals surface area contributed by atoms with Crippen LogP contribution in [0.15, 0.2) is 0 Å². The Labute approximate surface area is 92.2 Å². The Balaban J connectivity index is 2.05. The minimum absolute atomic E-state index is 0.0169. The van der Waals surface area contributed by atoms with Crippen molar-refractivity contribution in [3.63, 3.8) is 0 Å². The van der Waals surface area contributed by atoms with E-state index < -0.39 is 0 Å². The molecule has 1 aliphatic carbocycles. The molecule has 0 aliphatic heterocycles. The molecule has 1 aliphatic rings. The SMILES string of the molecule is COC(C)(C)CCNCC1(SC)CC1. The van der Waals surface area contributed by atoms with Crippen molar-refractivity contribution in [2.45, 2.75) is 43.5 Å². The Hall–Kier alpha value is 0.270. The van der Waals surface area contributed by atoms with E-state index in [-0.39, 0.29) is 5.60 Å². The molecule has 1 fully saturated rings. The number of hydrogen-bond donors (Lipinski definition) is 1. The van der Waals surface area contributed by atoms with Crippen molar-refractivity contribution in [1.29, 1.82) is 0 Å². The summed E-state index contributed by atoms with van der Waals surface area (Å²) in [5.74, 6) is 0. The van der Waals surface area contributed by atoms with E-state index in [0.717, 1.165) is 19.5 Å². The standard InChI is InChI=1S/C11H23NOS/c1-10(2,13-3)7-8-12-9-11(14-4)5-6-11/h12H,5-9H2,1-4H3. The first-order valence-corrected chi connectivity index (χ1v) is 6.57. The number of methoxy groups -OCH3 is 1. The van der Waals surface area contributed by atoms with Crippen LogP contribution >= 0.6 is 11.8 Å². The molecule has 0 atom stereocenters. The summed E-state index contributed by atoms with van der Waals surface area (Å²) >= 11 is 2.01. The number of nitrogens with one attached hydrogen (secondary N) is 1. The second-order valence-corrected chi connectivity index (χ2v) is 6.05. The fraction of sp³-hybridized carbons (Fsp3) is 1.00. The molecule has 1 rings (SSSR count). The highest BCUT2D eigenvalue weighted by Gasteiger charge is 2.41. The van der Waals surface area contributed by atoms with Crippen LogP contribution in [0, 0.1) is 0 Å². The van der Waals surface area contributed by atoms with Gasteiger partial charge < -0.3 is 10.1 Å². The van der Waals surface area contributed by atoms with Crippen molar-refractivity contribution in [1.82, 2.24) is 5.32 Å². The second-order valence-electron chi connectivity index (χ2n) is 4.78. The molecule has 1 N–H and O–H groups in total. The molecule has 2 nitrogen and oxygen atoms in total. The zero-order chi connectivity index (χ0) is 10.7. The third-order valence-corrected chi connectivity index (χ3v) is 4.56. The van der Waals surface area contributed by atoms with Gasteiger partial charge in [0.2, 0.25) is 0 Å². The van der Waals surface area contributed by atoms with Gasteiger partial charge in [0.25, 0.3) is 0 Å². The van der Waals surface area contributed by atoms with Crippen molar-refractivity contribution >= 4 is 11.8 Å². The van der Waals surface area contributed by atoms with Crippen LogP contribution in [0.25, 0.3) is 0 Å². The van der Waals surface area contributed by atoms with Gasteiger partial charge in [-0.3, -0.25) is 0 Å². The van der Waals surface area contributed by atoms with Gasteiger partial charge in [0.05, 0.1) is 5.60 Å². The van der Waals surface area contributed by atoms with E-state index in [1.807, 2.05) is 11.8 Å². The third kappa shape index (κ3) is 3.79. The maximum Gasteiger partial charge on any atom is 0.0634 e. The van der Waals surface area contributed by atoms with Gasteiger partial charge >= 0.3 is 0 Å². The average Bonchev–Trinajstić information content (AvgIpc) is 2.94. The highest BCUT2D eigenvalue weighted by atomic mass is 32.2. The van der Waals surface area contributed by atoms with Gasteiger partial charge in [-0.05, 0) is 45.9 Å². The first kappa shape index (κ1) is 12.3. The smallest absolute Gasteiger partial charge is 0.0634 e. The molecule has 84 valence electrons. The summed E-state index contributed by atoms with van der Waals surface area (Å²) in [5, 5.41) is 3.53. The molecule has 0 radical (unpaired) electrons. The van der Waals surface area contributed by atoms with Crippen molar-refractivity contribution in [2.75, 3.05) is 26.5 Å². The average molecular weight is 217 g/mol. The highest BCUT2D eigenvalue weighted by molar-refractivity contribution is 8.00. The molecule has 0 amide bonds. The minimum atomic E-state index is 0.0169. The van der Waals surface area contributed by atoms with E-state index in [0.29, 0.717) is 4.75 Å². The van der Waals surface area contributed by atoms with Crippen LogP contribution < -0.4 is 5.32 Å². The molecule has 3 heteroatoms. The van der Waals surface area contributed by atoms with E-state index in [4.69, 9.17) is 4.74 Å². The first-order chi connectivity index (χ1) is 6.54. The first-order valence-electron chi connectivity index (χ1n) is 5.35. The predicted octanol–water partition coefficient (Wildman–Crippen LogP) is 2.29. The summed E-state index contributed by atoms with van der Waals surface area (Å²) in [7, 11) is 1.78. The predicted molar refractivity (Wildman–Crippen MR) is 64.1 cm³/mol. The fourth-order valence-electron chi connectivity index (χ4n) is 1.40. The molecular weight excluding hydrogens is 194 g/mol. The lowest BCUT2D eigenvalue weighted by atomic mass is 10.1. The van der Waals surface area contributed by atoms with Crippen LogP contribution in [0.4, 0.5) is 0 Å². The van der Waals surface area contributed by atoms with Gasteiger partial charge in [0.15, 0.2) is 0 Å². The fourth-order valence-corrected chi connectivity index (χ4v) is 2.16. The maximum atomic E-state index is 5.37. The van der Waals surface area contributed by atoms with E-state index in [9.17, 15) is 0 Å². The van der Waals surface area contributed by atoms with Gasteiger partial charge in [0.1, 0.15) is 0 Å². The van der Waals surface area contributed by atoms with Crippen molar-refractivity contribution in [3.05, 3.63) is 0 Å². The summed E-state index contributed by atoms with van der Waals surface area (Å²) in [5.41, 5.74) is 0.0169. The number of rotatable bonds is 7. The van der Waals surface area contributed by atoms with Crippen LogP contribution in [0.5, 0.6) is 0 Å². The van der Waals surface area contributed by atoms with Crippen LogP contribution in [0.2, 0.25) is 0 Å². The molecule has 0 spiro atoms. The molecule has 0 unspecified atom stereocenters. The minimum Gasteiger partial charge on any atom is -0.379 e. The van der Waals surface area contributed by atoms with Crippen LogP contribution in [0.3, 0.4) is 0 Å². The Morgan fingerprint density at radius 2 is 2.07 bits per heavy atom. The lowest BCUT2D eigenvalue weighted by molar-refractivity contribution is 0.0159. The van der Waals surface area contributed by atoms with Crippen LogP contribution in [-0.2, 0) is 4.74 Å². The Bertz CT molecular complexity index is 170. The largest absolute Gasteiger partial charge is 0.379 e. The second kappa shape index (κ2) is 4.86. The summed E-state index contributed by atoms with van der Waals surface area (Å²) in [6.45, 7) is 6.49. The van der Waals surface area contributed by atoms with Crippen LogP contribution in [0.1, 0.15) is 33.1 Å². The zero-order valence-corrected chi connectivity index (χ0v) is 10.7. The molecule has 0 heterocycles. The normalized spacial score (nSPS) is 19.7. The Morgan fingerprint density at radius 1 is 1.43 bits per heavy atom. The molecule has 14 heavy (non-hydrogen) atoms. The summed E-state index contributed by atoms with van der Waals surface area (Å²) in [6.07, 6.45) is 6.06. The molecule has 0 bridgehead atoms. The van der Waals surface area contributed by atoms with Crippen molar-refractivity contribution < 1.29 is 4.74 Å². The summed E-state index contributed by atoms with van der Waals surface area (Å²) in [4.78, 5) is 0. The number of hydrogen-bond acceptors (Lipinski definition) is 3. The monoisotopic (exact) mass is 217 g/mol. The van der Waals surface area contributed by atoms with Gasteiger partial charge in [0, 0.05) is 18.4 Å². The topological polar surface area (TPSA) is 21.3 Å². The molecule has 0 saturated heterocycles. The van der Waals surface area contributed by atoms with E-state index in [1.165, 1.54) is 12.8 Å². The molecule has 0 aromatic heterocycles. The molecule has 0 aromatic carbocycles. The van der Waals surface area contributed by atoms with Gasteiger partial charge in [-0.15, -0.1) is 0 Å². The van der Waals surface area contributed by atoms with Crippen molar-refractivity contribution in [3.8, 4) is 0 Å². The molecule has 1 saturated carbocycles. The van der Waals surface area contributed by atoms with E-state index in [2.05, 4.69) is 25.4 Å². The highest BCUT2D eigenvalue weighted by Crippen LogP contribution is 2.46. The third-order valence-electron chi connectivity index (χ3n) is 3.14. The number of thioether (sulfide) groups is 1. The lowest BCUT2D eigenvalue weighted by Gasteiger charge is -2.23. The van der Waals surface area contributed by atoms with Crippen molar-refractivity contribution in [2.24, 2.45) is 0 Å². The van der Waals surface area contributed by atoms with Gasteiger partial charge in [-0.2, -0.15) is 11.8 Å². The zero-order valence-electron chi connectivity index (χ0n) is 9.85. The Morgan fingerprint density at radius 3 is 2.50 bits per heavy atom. The quantitative estimate of drug-likeness (QED) is 0.661. The van der Waals surface area contributed by atoms with Crippen LogP contribution in [-0.4, -0.2) is 36.8 Å². The summed E-state index contributed by atoms with van der Waals surface area (Å²) in [6, 6.07) is 0. The molecule has 0 aromatic rings. The Kier molecular flexibility index (Phi) is 4.29. The van der Waals surface area contributed by atoms with E-state index >= 15 is 0 Å². The summed E-state index contributed by atoms with van der Waals surface area (Å²) < 4.78 is 5.95. The van der Waals surface area contributed by atoms with Gasteiger partial charge in [-0.25, -0.2) is 0 Å². The molecular formula is C11H23NOS. The lowest BCUT2D eigenvalue weighted by Crippen LogP contribution is -2.32. The number of ether oxygens (including phenoxy) is 1. The van der Waals surface area contributed by atoms with E-state index in [1.54, 1.807) is 7.11 Å². The maximum absolute atomic E-state index is 5.37.